The fourth-order valence-electron chi connectivity index (χ4n) is 5.33. The van der Waals surface area contributed by atoms with Gasteiger partial charge in [0, 0.05) is 35.6 Å². The predicted octanol–water partition coefficient (Wildman–Crippen LogP) is 6.52. The average Bonchev–Trinajstić information content (AvgIpc) is 3.10. The topological polar surface area (TPSA) is 105 Å². The average molecular weight is 711 g/mol. The van der Waals surface area contributed by atoms with Gasteiger partial charge in [0.15, 0.2) is 11.5 Å². The van der Waals surface area contributed by atoms with Gasteiger partial charge in [0.05, 0.1) is 10.6 Å². The van der Waals surface area contributed by atoms with E-state index in [4.69, 9.17) is 32.7 Å². The van der Waals surface area contributed by atoms with Gasteiger partial charge < -0.3 is 19.7 Å². The molecule has 1 aliphatic rings. The van der Waals surface area contributed by atoms with E-state index in [-0.39, 0.29) is 29.5 Å². The molecule has 0 unspecified atom stereocenters. The predicted molar refractivity (Wildman–Crippen MR) is 187 cm³/mol. The van der Waals surface area contributed by atoms with E-state index in [0.717, 1.165) is 22.7 Å². The van der Waals surface area contributed by atoms with Crippen molar-refractivity contribution in [2.24, 2.45) is 0 Å². The summed E-state index contributed by atoms with van der Waals surface area (Å²) in [6.45, 7) is 2.41. The lowest BCUT2D eigenvalue weighted by Gasteiger charge is -2.34. The maximum absolute atomic E-state index is 14.7. The molecule has 12 heteroatoms. The van der Waals surface area contributed by atoms with Crippen LogP contribution in [0.25, 0.3) is 0 Å². The highest BCUT2D eigenvalue weighted by Gasteiger charge is 2.35. The van der Waals surface area contributed by atoms with Gasteiger partial charge in [0.1, 0.15) is 25.8 Å². The third kappa shape index (κ3) is 8.61. The van der Waals surface area contributed by atoms with Crippen LogP contribution in [0.15, 0.2) is 102 Å². The zero-order valence-electron chi connectivity index (χ0n) is 26.5. The van der Waals surface area contributed by atoms with Crippen LogP contribution in [0.3, 0.4) is 0 Å². The Hall–Kier alpha value is -4.25. The summed E-state index contributed by atoms with van der Waals surface area (Å²) in [5.41, 5.74) is 1.58. The first kappa shape index (κ1) is 35.1. The minimum atomic E-state index is -4.27. The summed E-state index contributed by atoms with van der Waals surface area (Å²) in [6, 6.07) is 25.9. The highest BCUT2D eigenvalue weighted by atomic mass is 35.5. The van der Waals surface area contributed by atoms with E-state index in [9.17, 15) is 18.0 Å². The van der Waals surface area contributed by atoms with E-state index in [0.29, 0.717) is 46.9 Å². The van der Waals surface area contributed by atoms with Gasteiger partial charge in [0.25, 0.3) is 10.0 Å². The van der Waals surface area contributed by atoms with E-state index >= 15 is 0 Å². The molecule has 0 aliphatic carbocycles. The summed E-state index contributed by atoms with van der Waals surface area (Å²) in [5.74, 6) is -0.134. The number of hydrogen-bond acceptors (Lipinski definition) is 6. The molecule has 1 N–H and O–H groups in total. The molecule has 0 aromatic heterocycles. The number of ether oxygens (including phenoxy) is 2. The highest BCUT2D eigenvalue weighted by Crippen LogP contribution is 2.36. The Morgan fingerprint density at radius 2 is 1.56 bits per heavy atom. The molecule has 0 fully saturated rings. The maximum atomic E-state index is 14.7. The number of fused-ring (bicyclic) bond motifs is 1. The molecule has 4 aromatic rings. The second kappa shape index (κ2) is 16.2. The summed E-state index contributed by atoms with van der Waals surface area (Å²) < 4.78 is 40.9. The molecule has 1 aliphatic heterocycles. The summed E-state index contributed by atoms with van der Waals surface area (Å²) in [6.07, 6.45) is 1.81. The Morgan fingerprint density at radius 3 is 2.25 bits per heavy atom. The van der Waals surface area contributed by atoms with E-state index in [1.807, 2.05) is 37.3 Å². The van der Waals surface area contributed by atoms with Crippen molar-refractivity contribution in [3.8, 4) is 11.5 Å². The first-order valence-corrected chi connectivity index (χ1v) is 17.9. The lowest BCUT2D eigenvalue weighted by atomic mass is 10.0. The van der Waals surface area contributed by atoms with E-state index in [1.54, 1.807) is 54.6 Å². The number of carbonyl (C=O) groups is 2. The number of unbranched alkanes of at least 4 members (excludes halogenated alkanes) is 1. The molecule has 0 bridgehead atoms. The van der Waals surface area contributed by atoms with Gasteiger partial charge in [-0.2, -0.15) is 0 Å². The van der Waals surface area contributed by atoms with E-state index in [1.165, 1.54) is 17.0 Å². The summed E-state index contributed by atoms with van der Waals surface area (Å²) in [5, 5.41) is 3.70. The molecule has 0 radical (unpaired) electrons. The van der Waals surface area contributed by atoms with Crippen LogP contribution >= 0.6 is 23.2 Å². The number of halogens is 2. The van der Waals surface area contributed by atoms with Crippen molar-refractivity contribution in [2.75, 3.05) is 30.6 Å². The number of benzene rings is 4. The smallest absolute Gasteiger partial charge is 0.264 e. The van der Waals surface area contributed by atoms with Crippen LogP contribution in [-0.4, -0.2) is 57.5 Å². The Labute approximate surface area is 291 Å². The van der Waals surface area contributed by atoms with Crippen LogP contribution in [0.4, 0.5) is 5.69 Å². The number of hydrogen-bond donors (Lipinski definition) is 1. The molecule has 252 valence electrons. The van der Waals surface area contributed by atoms with Crippen LogP contribution in [0.2, 0.25) is 10.0 Å². The molecule has 4 aromatic carbocycles. The van der Waals surface area contributed by atoms with Crippen molar-refractivity contribution in [1.82, 2.24) is 10.2 Å². The number of rotatable bonds is 14. The molecule has 9 nitrogen and oxygen atoms in total. The molecule has 0 saturated heterocycles. The van der Waals surface area contributed by atoms with Gasteiger partial charge >= 0.3 is 0 Å². The molecule has 2 amide bonds. The molecule has 0 spiro atoms. The first-order chi connectivity index (χ1) is 23.2. The van der Waals surface area contributed by atoms with Crippen LogP contribution < -0.4 is 19.1 Å². The van der Waals surface area contributed by atoms with Crippen molar-refractivity contribution in [3.05, 3.63) is 118 Å². The van der Waals surface area contributed by atoms with E-state index < -0.39 is 28.5 Å². The first-order valence-electron chi connectivity index (χ1n) is 15.7. The summed E-state index contributed by atoms with van der Waals surface area (Å²) in [4.78, 5) is 30.0. The third-order valence-electron chi connectivity index (χ3n) is 7.88. The van der Waals surface area contributed by atoms with Crippen LogP contribution in [0, 0.1) is 0 Å². The number of amides is 2. The SMILES string of the molecule is CCCCNC(=O)[C@H](Cc1ccccc1)N(Cc1ccc(Cl)cc1Cl)C(=O)CN(c1ccc2c(c1)OCCO2)S(=O)(=O)c1ccccc1. The normalized spacial score (nSPS) is 13.0. The Morgan fingerprint density at radius 1 is 0.875 bits per heavy atom. The molecule has 1 heterocycles. The highest BCUT2D eigenvalue weighted by molar-refractivity contribution is 7.92. The molecule has 0 saturated carbocycles. The fourth-order valence-corrected chi connectivity index (χ4v) is 7.22. The molecule has 5 rings (SSSR count). The summed E-state index contributed by atoms with van der Waals surface area (Å²) in [7, 11) is -4.27. The van der Waals surface area contributed by atoms with Gasteiger partial charge in [-0.05, 0) is 53.9 Å². The molecular weight excluding hydrogens is 673 g/mol. The standard InChI is InChI=1S/C36H37Cl2N3O6S/c1-2-3-18-39-36(43)32(21-26-10-6-4-7-11-26)40(24-27-14-15-28(37)22-31(27)38)35(42)25-41(48(44,45)30-12-8-5-9-13-30)29-16-17-33-34(23-29)47-20-19-46-33/h4-17,22-23,32H,2-3,18-21,24-25H2,1H3,(H,39,43)/t32-/m0/s1. The van der Waals surface area contributed by atoms with Crippen molar-refractivity contribution in [1.29, 1.82) is 0 Å². The van der Waals surface area contributed by atoms with Crippen LogP contribution in [0.1, 0.15) is 30.9 Å². The van der Waals surface area contributed by atoms with Crippen LogP contribution in [0.5, 0.6) is 11.5 Å². The van der Waals surface area contributed by atoms with Gasteiger partial charge in [-0.1, -0.05) is 91.1 Å². The Kier molecular flexibility index (Phi) is 11.9. The van der Waals surface area contributed by atoms with Gasteiger partial charge in [-0.15, -0.1) is 0 Å². The number of nitrogens with one attached hydrogen (secondary N) is 1. The van der Waals surface area contributed by atoms with Crippen molar-refractivity contribution >= 4 is 50.7 Å². The van der Waals surface area contributed by atoms with Gasteiger partial charge in [0.2, 0.25) is 11.8 Å². The van der Waals surface area contributed by atoms with Crippen molar-refractivity contribution < 1.29 is 27.5 Å². The van der Waals surface area contributed by atoms with E-state index in [2.05, 4.69) is 5.32 Å². The number of carbonyl (C=O) groups excluding carboxylic acids is 2. The second-order valence-electron chi connectivity index (χ2n) is 11.3. The Balaban J connectivity index is 1.59. The number of anilines is 1. The minimum absolute atomic E-state index is 0.00173. The van der Waals surface area contributed by atoms with Gasteiger partial charge in [-0.3, -0.25) is 13.9 Å². The molecule has 1 atom stereocenters. The molecular formula is C36H37Cl2N3O6S. The number of sulfonamides is 1. The van der Waals surface area contributed by atoms with Gasteiger partial charge in [-0.25, -0.2) is 8.42 Å². The lowest BCUT2D eigenvalue weighted by Crippen LogP contribution is -2.53. The largest absolute Gasteiger partial charge is 0.486 e. The second-order valence-corrected chi connectivity index (χ2v) is 14.0. The Bertz CT molecular complexity index is 1830. The number of nitrogens with zero attached hydrogens (tertiary/aromatic N) is 2. The van der Waals surface area contributed by atoms with Crippen molar-refractivity contribution in [2.45, 2.75) is 43.7 Å². The minimum Gasteiger partial charge on any atom is -0.486 e. The maximum Gasteiger partial charge on any atom is 0.264 e. The van der Waals surface area contributed by atoms with Crippen LogP contribution in [-0.2, 0) is 32.6 Å². The monoisotopic (exact) mass is 709 g/mol. The third-order valence-corrected chi connectivity index (χ3v) is 10.3. The summed E-state index contributed by atoms with van der Waals surface area (Å²) >= 11 is 12.8. The lowest BCUT2D eigenvalue weighted by molar-refractivity contribution is -0.140. The zero-order chi connectivity index (χ0) is 34.1. The van der Waals surface area contributed by atoms with Crippen molar-refractivity contribution in [3.63, 3.8) is 0 Å². The zero-order valence-corrected chi connectivity index (χ0v) is 28.8. The fraction of sp³-hybridized carbons (Fsp3) is 0.278. The molecule has 48 heavy (non-hydrogen) atoms. The quantitative estimate of drug-likeness (QED) is 0.150.